The molecule has 4 rings (SSSR count). The fourth-order valence-electron chi connectivity index (χ4n) is 2.66. The Bertz CT molecular complexity index is 1230. The van der Waals surface area contributed by atoms with Gasteiger partial charge in [-0.2, -0.15) is 4.39 Å². The molecule has 0 bridgehead atoms. The maximum atomic E-state index is 13.2. The average Bonchev–Trinajstić information content (AvgIpc) is 3.43. The molecule has 0 atom stereocenters. The molecule has 3 aromatic rings. The van der Waals surface area contributed by atoms with E-state index in [1.165, 1.54) is 30.6 Å². The number of hydrogen-bond donors (Lipinski definition) is 1. The molecule has 1 aliphatic rings. The lowest BCUT2D eigenvalue weighted by Crippen LogP contribution is -2.24. The largest absolute Gasteiger partial charge is 0.387 e. The monoisotopic (exact) mass is 464 g/mol. The van der Waals surface area contributed by atoms with Crippen LogP contribution in [0, 0.1) is 5.13 Å². The molecule has 1 aliphatic carbocycles. The van der Waals surface area contributed by atoms with Gasteiger partial charge in [0.25, 0.3) is 5.91 Å². The second-order valence-electron chi connectivity index (χ2n) is 6.76. The van der Waals surface area contributed by atoms with Crippen LogP contribution in [-0.4, -0.2) is 45.0 Å². The number of oxime groups is 1. The Labute approximate surface area is 180 Å². The van der Waals surface area contributed by atoms with Crippen LogP contribution >= 0.6 is 11.3 Å². The van der Waals surface area contributed by atoms with Crippen molar-refractivity contribution in [3.05, 3.63) is 53.3 Å². The van der Waals surface area contributed by atoms with Crippen LogP contribution in [0.15, 0.2) is 46.8 Å². The first kappa shape index (κ1) is 21.1. The van der Waals surface area contributed by atoms with Gasteiger partial charge in [0, 0.05) is 12.6 Å². The molecule has 2 heterocycles. The number of hydrogen-bond acceptors (Lipinski definition) is 9. The van der Waals surface area contributed by atoms with Gasteiger partial charge in [0.2, 0.25) is 0 Å². The molecule has 1 aromatic carbocycles. The number of thiazole rings is 1. The third-order valence-electron chi connectivity index (χ3n) is 4.49. The van der Waals surface area contributed by atoms with Gasteiger partial charge in [-0.3, -0.25) is 10.1 Å². The van der Waals surface area contributed by atoms with Crippen LogP contribution in [0.3, 0.4) is 0 Å². The summed E-state index contributed by atoms with van der Waals surface area (Å²) in [6, 6.07) is 5.80. The van der Waals surface area contributed by atoms with Crippen LogP contribution in [0.2, 0.25) is 0 Å². The third-order valence-corrected chi connectivity index (χ3v) is 7.47. The molecule has 10 nitrogen and oxygen atoms in total. The van der Waals surface area contributed by atoms with E-state index in [4.69, 9.17) is 4.84 Å². The SMILES string of the molecule is Cn1cnnc1CON=C(C(=O)Nc1ncc(F)s1)c1ccc(S(=O)(=O)C2CC2)cc1. The maximum Gasteiger partial charge on any atom is 0.280 e. The van der Waals surface area contributed by atoms with Crippen molar-refractivity contribution in [3.8, 4) is 0 Å². The lowest BCUT2D eigenvalue weighted by atomic mass is 10.1. The number of rotatable bonds is 8. The van der Waals surface area contributed by atoms with Gasteiger partial charge in [-0.1, -0.05) is 28.6 Å². The number of sulfone groups is 1. The molecule has 162 valence electrons. The molecule has 0 spiro atoms. The number of anilines is 1. The maximum absolute atomic E-state index is 13.2. The summed E-state index contributed by atoms with van der Waals surface area (Å²) in [5.74, 6) is -0.207. The summed E-state index contributed by atoms with van der Waals surface area (Å²) in [6.07, 6.45) is 3.78. The normalized spacial score (nSPS) is 14.5. The summed E-state index contributed by atoms with van der Waals surface area (Å²) in [5, 5.41) is 13.1. The van der Waals surface area contributed by atoms with E-state index in [0.29, 0.717) is 35.6 Å². The van der Waals surface area contributed by atoms with Crippen molar-refractivity contribution < 1.29 is 22.4 Å². The molecule has 0 radical (unpaired) electrons. The highest BCUT2D eigenvalue weighted by molar-refractivity contribution is 7.92. The summed E-state index contributed by atoms with van der Waals surface area (Å²) < 4.78 is 39.6. The Morgan fingerprint density at radius 2 is 2.10 bits per heavy atom. The van der Waals surface area contributed by atoms with Crippen LogP contribution in [-0.2, 0) is 33.1 Å². The van der Waals surface area contributed by atoms with E-state index < -0.39 is 20.9 Å². The van der Waals surface area contributed by atoms with Crippen LogP contribution in [0.4, 0.5) is 9.52 Å². The zero-order valence-electron chi connectivity index (χ0n) is 16.2. The first-order valence-electron chi connectivity index (χ1n) is 9.14. The Hall–Kier alpha value is -3.19. The highest BCUT2D eigenvalue weighted by Gasteiger charge is 2.36. The van der Waals surface area contributed by atoms with Crippen LogP contribution in [0.1, 0.15) is 24.2 Å². The van der Waals surface area contributed by atoms with E-state index in [0.717, 1.165) is 6.20 Å². The first-order valence-corrected chi connectivity index (χ1v) is 11.5. The molecule has 0 saturated heterocycles. The number of halogens is 1. The minimum atomic E-state index is -3.37. The highest BCUT2D eigenvalue weighted by Crippen LogP contribution is 2.33. The second-order valence-corrected chi connectivity index (χ2v) is 9.97. The zero-order chi connectivity index (χ0) is 22.0. The van der Waals surface area contributed by atoms with E-state index in [2.05, 4.69) is 25.7 Å². The van der Waals surface area contributed by atoms with Gasteiger partial charge >= 0.3 is 0 Å². The average molecular weight is 465 g/mol. The van der Waals surface area contributed by atoms with Gasteiger partial charge in [0.1, 0.15) is 6.33 Å². The van der Waals surface area contributed by atoms with Crippen LogP contribution < -0.4 is 5.32 Å². The fourth-order valence-corrected chi connectivity index (χ4v) is 4.86. The van der Waals surface area contributed by atoms with Gasteiger partial charge in [0.15, 0.2) is 38.2 Å². The highest BCUT2D eigenvalue weighted by atomic mass is 32.2. The second kappa shape index (κ2) is 8.51. The molecule has 1 N–H and O–H groups in total. The number of nitrogens with zero attached hydrogens (tertiary/aromatic N) is 5. The number of carbonyl (C=O) groups excluding carboxylic acids is 1. The van der Waals surface area contributed by atoms with Gasteiger partial charge in [-0.15, -0.1) is 10.2 Å². The summed E-state index contributed by atoms with van der Waals surface area (Å²) in [5.41, 5.74) is 0.190. The summed E-state index contributed by atoms with van der Waals surface area (Å²) in [7, 11) is -1.64. The first-order chi connectivity index (χ1) is 14.8. The molecule has 13 heteroatoms. The van der Waals surface area contributed by atoms with Gasteiger partial charge in [0.05, 0.1) is 16.3 Å². The molecule has 2 aromatic heterocycles. The van der Waals surface area contributed by atoms with Crippen molar-refractivity contribution in [2.75, 3.05) is 5.32 Å². The molecule has 1 fully saturated rings. The van der Waals surface area contributed by atoms with E-state index in [1.54, 1.807) is 11.6 Å². The molecule has 1 amide bonds. The smallest absolute Gasteiger partial charge is 0.280 e. The number of carbonyl (C=O) groups is 1. The van der Waals surface area contributed by atoms with Crippen molar-refractivity contribution in [2.24, 2.45) is 12.2 Å². The topological polar surface area (TPSA) is 128 Å². The van der Waals surface area contributed by atoms with Crippen molar-refractivity contribution >= 4 is 37.9 Å². The Morgan fingerprint density at radius 1 is 1.35 bits per heavy atom. The number of benzene rings is 1. The molecule has 0 unspecified atom stereocenters. The Balaban J connectivity index is 1.58. The zero-order valence-corrected chi connectivity index (χ0v) is 17.9. The quantitative estimate of drug-likeness (QED) is 0.398. The van der Waals surface area contributed by atoms with Crippen LogP contribution in [0.5, 0.6) is 0 Å². The number of nitrogens with one attached hydrogen (secondary N) is 1. The summed E-state index contributed by atoms with van der Waals surface area (Å²) in [4.78, 5) is 22.0. The minimum absolute atomic E-state index is 0.0483. The van der Waals surface area contributed by atoms with Gasteiger partial charge in [-0.05, 0) is 25.0 Å². The lowest BCUT2D eigenvalue weighted by molar-refractivity contribution is -0.110. The molecule has 31 heavy (non-hydrogen) atoms. The fraction of sp³-hybridized carbons (Fsp3) is 0.278. The van der Waals surface area contributed by atoms with Gasteiger partial charge in [-0.25, -0.2) is 13.4 Å². The van der Waals surface area contributed by atoms with Crippen molar-refractivity contribution in [1.29, 1.82) is 0 Å². The van der Waals surface area contributed by atoms with E-state index in [1.807, 2.05) is 0 Å². The third kappa shape index (κ3) is 4.77. The summed E-state index contributed by atoms with van der Waals surface area (Å²) in [6.45, 7) is -0.0483. The van der Waals surface area contributed by atoms with Crippen molar-refractivity contribution in [1.82, 2.24) is 19.7 Å². The lowest BCUT2D eigenvalue weighted by Gasteiger charge is -2.08. The van der Waals surface area contributed by atoms with E-state index >= 15 is 0 Å². The number of amides is 1. The van der Waals surface area contributed by atoms with Gasteiger partial charge < -0.3 is 9.40 Å². The summed E-state index contributed by atoms with van der Waals surface area (Å²) >= 11 is 0.662. The van der Waals surface area contributed by atoms with E-state index in [9.17, 15) is 17.6 Å². The van der Waals surface area contributed by atoms with Crippen molar-refractivity contribution in [3.63, 3.8) is 0 Å². The van der Waals surface area contributed by atoms with E-state index in [-0.39, 0.29) is 27.6 Å². The number of aryl methyl sites for hydroxylation is 1. The molecule has 1 saturated carbocycles. The number of aromatic nitrogens is 4. The standard InChI is InChI=1S/C18H17FN6O4S2/c1-25-10-21-23-15(25)9-29-24-16(17(26)22-18-20-8-14(19)30-18)11-2-4-12(5-3-11)31(27,28)13-6-7-13/h2-5,8,10,13H,6-7,9H2,1H3,(H,20,22,26). The predicted molar refractivity (Wildman–Crippen MR) is 110 cm³/mol. The molecule has 0 aliphatic heterocycles. The Kier molecular flexibility index (Phi) is 5.78. The minimum Gasteiger partial charge on any atom is -0.387 e. The van der Waals surface area contributed by atoms with Crippen LogP contribution in [0.25, 0.3) is 0 Å². The Morgan fingerprint density at radius 3 is 2.68 bits per heavy atom. The predicted octanol–water partition coefficient (Wildman–Crippen LogP) is 1.91. The molecular weight excluding hydrogens is 447 g/mol. The van der Waals surface area contributed by atoms with Crippen molar-refractivity contribution in [2.45, 2.75) is 29.6 Å². The molecular formula is C18H17FN6O4S2.